The average molecular weight is 175 g/mol. The summed E-state index contributed by atoms with van der Waals surface area (Å²) in [6.45, 7) is 4.18. The third kappa shape index (κ3) is 1.32. The first kappa shape index (κ1) is 8.30. The molecule has 0 atom stereocenters. The van der Waals surface area contributed by atoms with Crippen molar-refractivity contribution in [2.75, 3.05) is 5.32 Å². The van der Waals surface area contributed by atoms with Gasteiger partial charge in [-0.1, -0.05) is 24.6 Å². The molecule has 2 nitrogen and oxygen atoms in total. The molecule has 0 saturated carbocycles. The zero-order chi connectivity index (χ0) is 9.42. The molecule has 0 unspecified atom stereocenters. The van der Waals surface area contributed by atoms with Gasteiger partial charge in [0.1, 0.15) is 0 Å². The SMILES string of the molecule is CCc1cc(C)cc2c1NC(=O)C2. The summed E-state index contributed by atoms with van der Waals surface area (Å²) in [6.07, 6.45) is 1.52. The maximum absolute atomic E-state index is 11.2. The van der Waals surface area contributed by atoms with E-state index in [1.54, 1.807) is 0 Å². The minimum absolute atomic E-state index is 0.121. The number of rotatable bonds is 1. The zero-order valence-electron chi connectivity index (χ0n) is 7.98. The number of hydrogen-bond acceptors (Lipinski definition) is 1. The van der Waals surface area contributed by atoms with Crippen molar-refractivity contribution >= 4 is 11.6 Å². The highest BCUT2D eigenvalue weighted by molar-refractivity contribution is 6.00. The molecule has 2 heteroatoms. The van der Waals surface area contributed by atoms with Crippen LogP contribution < -0.4 is 5.32 Å². The van der Waals surface area contributed by atoms with Crippen LogP contribution in [-0.2, 0) is 17.6 Å². The second-order valence-corrected chi connectivity index (χ2v) is 3.54. The van der Waals surface area contributed by atoms with Crippen LogP contribution in [0.3, 0.4) is 0 Å². The normalized spacial score (nSPS) is 14.2. The highest BCUT2D eigenvalue weighted by Crippen LogP contribution is 2.28. The standard InChI is InChI=1S/C11H13NO/c1-3-8-4-7(2)5-9-6-10(13)12-11(8)9/h4-5H,3,6H2,1-2H3,(H,12,13). The molecule has 68 valence electrons. The number of benzene rings is 1. The average Bonchev–Trinajstić information content (AvgIpc) is 2.43. The summed E-state index contributed by atoms with van der Waals surface area (Å²) >= 11 is 0. The lowest BCUT2D eigenvalue weighted by atomic mass is 10.0. The van der Waals surface area contributed by atoms with Gasteiger partial charge in [0.05, 0.1) is 6.42 Å². The van der Waals surface area contributed by atoms with Crippen LogP contribution >= 0.6 is 0 Å². The Morgan fingerprint density at radius 2 is 2.23 bits per heavy atom. The minimum atomic E-state index is 0.121. The molecular formula is C11H13NO. The van der Waals surface area contributed by atoms with E-state index < -0.39 is 0 Å². The van der Waals surface area contributed by atoms with E-state index in [1.165, 1.54) is 11.1 Å². The number of nitrogens with one attached hydrogen (secondary N) is 1. The van der Waals surface area contributed by atoms with Crippen LogP contribution in [0.4, 0.5) is 5.69 Å². The molecule has 0 aromatic heterocycles. The molecule has 0 radical (unpaired) electrons. The van der Waals surface area contributed by atoms with Crippen LogP contribution in [0.5, 0.6) is 0 Å². The Labute approximate surface area is 78.0 Å². The van der Waals surface area contributed by atoms with Crippen molar-refractivity contribution in [2.45, 2.75) is 26.7 Å². The van der Waals surface area contributed by atoms with Crippen molar-refractivity contribution in [3.05, 3.63) is 28.8 Å². The van der Waals surface area contributed by atoms with Gasteiger partial charge in [-0.25, -0.2) is 0 Å². The van der Waals surface area contributed by atoms with Crippen molar-refractivity contribution in [1.82, 2.24) is 0 Å². The predicted octanol–water partition coefficient (Wildman–Crippen LogP) is 2.05. The number of amides is 1. The lowest BCUT2D eigenvalue weighted by Gasteiger charge is -2.06. The highest BCUT2D eigenvalue weighted by atomic mass is 16.1. The summed E-state index contributed by atoms with van der Waals surface area (Å²) in [5.74, 6) is 0.121. The monoisotopic (exact) mass is 175 g/mol. The van der Waals surface area contributed by atoms with Gasteiger partial charge in [0.15, 0.2) is 0 Å². The van der Waals surface area contributed by atoms with Crippen LogP contribution in [0.1, 0.15) is 23.6 Å². The second kappa shape index (κ2) is 2.87. The van der Waals surface area contributed by atoms with Crippen molar-refractivity contribution in [3.8, 4) is 0 Å². The van der Waals surface area contributed by atoms with E-state index in [1.807, 2.05) is 0 Å². The molecule has 1 amide bonds. The summed E-state index contributed by atoms with van der Waals surface area (Å²) in [5, 5.41) is 2.91. The van der Waals surface area contributed by atoms with Crippen molar-refractivity contribution in [1.29, 1.82) is 0 Å². The third-order valence-corrected chi connectivity index (χ3v) is 2.44. The third-order valence-electron chi connectivity index (χ3n) is 2.44. The van der Waals surface area contributed by atoms with Gasteiger partial charge in [-0.3, -0.25) is 4.79 Å². The maximum Gasteiger partial charge on any atom is 0.228 e. The molecule has 1 heterocycles. The number of fused-ring (bicyclic) bond motifs is 1. The van der Waals surface area contributed by atoms with Crippen LogP contribution in [0.15, 0.2) is 12.1 Å². The molecule has 0 aliphatic carbocycles. The predicted molar refractivity (Wildman–Crippen MR) is 52.9 cm³/mol. The van der Waals surface area contributed by atoms with Gasteiger partial charge < -0.3 is 5.32 Å². The maximum atomic E-state index is 11.2. The fraction of sp³-hybridized carbons (Fsp3) is 0.364. The van der Waals surface area contributed by atoms with E-state index in [4.69, 9.17) is 0 Å². The van der Waals surface area contributed by atoms with E-state index in [-0.39, 0.29) is 5.91 Å². The van der Waals surface area contributed by atoms with Crippen LogP contribution in [0.2, 0.25) is 0 Å². The van der Waals surface area contributed by atoms with E-state index in [0.717, 1.165) is 17.7 Å². The molecule has 1 aromatic carbocycles. The quantitative estimate of drug-likeness (QED) is 0.695. The number of carbonyl (C=O) groups excluding carboxylic acids is 1. The Balaban J connectivity index is 2.56. The number of aryl methyl sites for hydroxylation is 2. The molecule has 2 rings (SSSR count). The Morgan fingerprint density at radius 1 is 1.46 bits per heavy atom. The van der Waals surface area contributed by atoms with Crippen LogP contribution in [-0.4, -0.2) is 5.91 Å². The summed E-state index contributed by atoms with van der Waals surface area (Å²) in [7, 11) is 0. The zero-order valence-corrected chi connectivity index (χ0v) is 7.98. The smallest absolute Gasteiger partial charge is 0.228 e. The first-order valence-electron chi connectivity index (χ1n) is 4.63. The Kier molecular flexibility index (Phi) is 1.83. The van der Waals surface area contributed by atoms with E-state index >= 15 is 0 Å². The first-order valence-corrected chi connectivity index (χ1v) is 4.63. The lowest BCUT2D eigenvalue weighted by molar-refractivity contribution is -0.115. The van der Waals surface area contributed by atoms with Crippen molar-refractivity contribution in [2.24, 2.45) is 0 Å². The summed E-state index contributed by atoms with van der Waals surface area (Å²) in [4.78, 5) is 11.2. The van der Waals surface area contributed by atoms with Gasteiger partial charge in [0.2, 0.25) is 5.91 Å². The molecule has 0 spiro atoms. The molecule has 13 heavy (non-hydrogen) atoms. The summed E-state index contributed by atoms with van der Waals surface area (Å²) < 4.78 is 0. The van der Waals surface area contributed by atoms with Gasteiger partial charge in [-0.05, 0) is 24.5 Å². The Bertz CT molecular complexity index is 369. The molecule has 0 bridgehead atoms. The lowest BCUT2D eigenvalue weighted by Crippen LogP contribution is -2.04. The minimum Gasteiger partial charge on any atom is -0.325 e. The fourth-order valence-corrected chi connectivity index (χ4v) is 1.88. The molecule has 1 aromatic rings. The summed E-state index contributed by atoms with van der Waals surface area (Å²) in [5.41, 5.74) is 4.70. The van der Waals surface area contributed by atoms with E-state index in [9.17, 15) is 4.79 Å². The van der Waals surface area contributed by atoms with Gasteiger partial charge in [0.25, 0.3) is 0 Å². The Hall–Kier alpha value is -1.31. The second-order valence-electron chi connectivity index (χ2n) is 3.54. The largest absolute Gasteiger partial charge is 0.325 e. The first-order chi connectivity index (χ1) is 6.20. The van der Waals surface area contributed by atoms with Gasteiger partial charge in [-0.15, -0.1) is 0 Å². The Morgan fingerprint density at radius 3 is 2.92 bits per heavy atom. The van der Waals surface area contributed by atoms with Crippen LogP contribution in [0.25, 0.3) is 0 Å². The summed E-state index contributed by atoms with van der Waals surface area (Å²) in [6, 6.07) is 4.23. The molecular weight excluding hydrogens is 162 g/mol. The van der Waals surface area contributed by atoms with Crippen LogP contribution in [0, 0.1) is 6.92 Å². The highest BCUT2D eigenvalue weighted by Gasteiger charge is 2.19. The fourth-order valence-electron chi connectivity index (χ4n) is 1.88. The van der Waals surface area contributed by atoms with Gasteiger partial charge >= 0.3 is 0 Å². The van der Waals surface area contributed by atoms with Gasteiger partial charge in [-0.2, -0.15) is 0 Å². The van der Waals surface area contributed by atoms with Gasteiger partial charge in [0, 0.05) is 5.69 Å². The number of hydrogen-bond donors (Lipinski definition) is 1. The van der Waals surface area contributed by atoms with Crippen molar-refractivity contribution in [3.63, 3.8) is 0 Å². The number of carbonyl (C=O) groups is 1. The molecule has 1 N–H and O–H groups in total. The molecule has 0 saturated heterocycles. The van der Waals surface area contributed by atoms with E-state index in [0.29, 0.717) is 6.42 Å². The molecule has 0 fully saturated rings. The topological polar surface area (TPSA) is 29.1 Å². The van der Waals surface area contributed by atoms with Crippen molar-refractivity contribution < 1.29 is 4.79 Å². The van der Waals surface area contributed by atoms with E-state index in [2.05, 4.69) is 31.3 Å². The molecule has 1 aliphatic rings. The number of anilines is 1. The molecule has 1 aliphatic heterocycles.